The Bertz CT molecular complexity index is 501. The molecule has 2 aromatic rings. The van der Waals surface area contributed by atoms with Crippen molar-refractivity contribution in [3.05, 3.63) is 60.2 Å². The molecule has 1 unspecified atom stereocenters. The summed E-state index contributed by atoms with van der Waals surface area (Å²) in [6.07, 6.45) is 2.32. The first-order valence-electron chi connectivity index (χ1n) is 7.70. The van der Waals surface area contributed by atoms with Gasteiger partial charge in [0.25, 0.3) is 0 Å². The highest BCUT2D eigenvalue weighted by atomic mass is 16.5. The second-order valence-corrected chi connectivity index (χ2v) is 5.38. The molecule has 0 aliphatic rings. The molecule has 112 valence electrons. The number of benzene rings is 2. The fraction of sp³-hybridized carbons (Fsp3) is 0.368. The summed E-state index contributed by atoms with van der Waals surface area (Å²) in [6.45, 7) is 3.87. The van der Waals surface area contributed by atoms with Crippen LogP contribution >= 0.6 is 0 Å². The van der Waals surface area contributed by atoms with E-state index in [1.54, 1.807) is 7.11 Å². The Balaban J connectivity index is 1.93. The summed E-state index contributed by atoms with van der Waals surface area (Å²) in [4.78, 5) is 0. The number of methoxy groups -OCH3 is 1. The van der Waals surface area contributed by atoms with Crippen molar-refractivity contribution in [1.82, 2.24) is 5.32 Å². The molecule has 2 rings (SSSR count). The van der Waals surface area contributed by atoms with Crippen LogP contribution in [-0.2, 0) is 11.3 Å². The normalized spacial score (nSPS) is 12.3. The zero-order valence-electron chi connectivity index (χ0n) is 13.0. The van der Waals surface area contributed by atoms with Gasteiger partial charge in [0.2, 0.25) is 0 Å². The Morgan fingerprint density at radius 2 is 1.62 bits per heavy atom. The molecule has 0 saturated heterocycles. The molecule has 0 heterocycles. The summed E-state index contributed by atoms with van der Waals surface area (Å²) in [5, 5.41) is 3.57. The van der Waals surface area contributed by atoms with Crippen LogP contribution in [0.25, 0.3) is 11.1 Å². The van der Waals surface area contributed by atoms with Gasteiger partial charge in [-0.25, -0.2) is 0 Å². The molecule has 2 aromatic carbocycles. The average molecular weight is 283 g/mol. The summed E-state index contributed by atoms with van der Waals surface area (Å²) in [7, 11) is 1.76. The van der Waals surface area contributed by atoms with Crippen LogP contribution in [0, 0.1) is 0 Å². The van der Waals surface area contributed by atoms with E-state index >= 15 is 0 Å². The highest BCUT2D eigenvalue weighted by molar-refractivity contribution is 5.63. The van der Waals surface area contributed by atoms with Gasteiger partial charge < -0.3 is 10.1 Å². The Morgan fingerprint density at radius 3 is 2.24 bits per heavy atom. The summed E-state index contributed by atoms with van der Waals surface area (Å²) in [5.41, 5.74) is 3.84. The van der Waals surface area contributed by atoms with Gasteiger partial charge in [0.1, 0.15) is 0 Å². The van der Waals surface area contributed by atoms with Crippen LogP contribution in [0.2, 0.25) is 0 Å². The van der Waals surface area contributed by atoms with E-state index in [1.165, 1.54) is 23.1 Å². The maximum atomic E-state index is 5.26. The minimum absolute atomic E-state index is 0.439. The van der Waals surface area contributed by atoms with Crippen molar-refractivity contribution in [3.63, 3.8) is 0 Å². The number of hydrogen-bond donors (Lipinski definition) is 1. The third-order valence-corrected chi connectivity index (χ3v) is 3.66. The number of nitrogens with one attached hydrogen (secondary N) is 1. The molecule has 0 spiro atoms. The monoisotopic (exact) mass is 283 g/mol. The van der Waals surface area contributed by atoms with Crippen LogP contribution in [0.1, 0.15) is 25.3 Å². The molecule has 0 aliphatic heterocycles. The largest absolute Gasteiger partial charge is 0.383 e. The first kappa shape index (κ1) is 15.7. The molecule has 0 bridgehead atoms. The lowest BCUT2D eigenvalue weighted by Crippen LogP contribution is -2.32. The minimum Gasteiger partial charge on any atom is -0.383 e. The smallest absolute Gasteiger partial charge is 0.0615 e. The lowest BCUT2D eigenvalue weighted by molar-refractivity contribution is 0.161. The summed E-state index contributed by atoms with van der Waals surface area (Å²) >= 11 is 0. The molecule has 2 heteroatoms. The molecule has 0 aromatic heterocycles. The second kappa shape index (κ2) is 8.60. The highest BCUT2D eigenvalue weighted by Gasteiger charge is 2.06. The van der Waals surface area contributed by atoms with Gasteiger partial charge >= 0.3 is 0 Å². The van der Waals surface area contributed by atoms with Crippen LogP contribution in [0.15, 0.2) is 54.6 Å². The molecule has 21 heavy (non-hydrogen) atoms. The number of rotatable bonds is 8. The fourth-order valence-electron chi connectivity index (χ4n) is 2.50. The molecule has 0 aliphatic carbocycles. The van der Waals surface area contributed by atoms with Crippen LogP contribution in [0.3, 0.4) is 0 Å². The van der Waals surface area contributed by atoms with E-state index in [-0.39, 0.29) is 0 Å². The predicted octanol–water partition coefficient (Wildman–Crippen LogP) is 4.26. The maximum Gasteiger partial charge on any atom is 0.0615 e. The minimum atomic E-state index is 0.439. The molecule has 0 radical (unpaired) electrons. The Kier molecular flexibility index (Phi) is 6.45. The Morgan fingerprint density at radius 1 is 0.952 bits per heavy atom. The van der Waals surface area contributed by atoms with Crippen molar-refractivity contribution < 1.29 is 4.74 Å². The predicted molar refractivity (Wildman–Crippen MR) is 89.3 cm³/mol. The topological polar surface area (TPSA) is 21.3 Å². The summed E-state index contributed by atoms with van der Waals surface area (Å²) < 4.78 is 5.26. The first-order chi connectivity index (χ1) is 10.3. The van der Waals surface area contributed by atoms with E-state index in [1.807, 2.05) is 6.07 Å². The quantitative estimate of drug-likeness (QED) is 0.781. The van der Waals surface area contributed by atoms with Gasteiger partial charge in [-0.1, -0.05) is 67.9 Å². The van der Waals surface area contributed by atoms with E-state index in [4.69, 9.17) is 4.74 Å². The standard InChI is InChI=1S/C19H25NO/c1-3-7-19(15-21-2)20-14-16-10-12-18(13-11-16)17-8-5-4-6-9-17/h4-6,8-13,19-20H,3,7,14-15H2,1-2H3. The molecule has 0 fully saturated rings. The Hall–Kier alpha value is -1.64. The van der Waals surface area contributed by atoms with Gasteiger partial charge in [0.15, 0.2) is 0 Å². The van der Waals surface area contributed by atoms with Crippen molar-refractivity contribution >= 4 is 0 Å². The van der Waals surface area contributed by atoms with Gasteiger partial charge in [-0.3, -0.25) is 0 Å². The first-order valence-corrected chi connectivity index (χ1v) is 7.70. The van der Waals surface area contributed by atoms with Crippen LogP contribution in [0.5, 0.6) is 0 Å². The lowest BCUT2D eigenvalue weighted by atomic mass is 10.0. The van der Waals surface area contributed by atoms with Gasteiger partial charge in [0, 0.05) is 19.7 Å². The van der Waals surface area contributed by atoms with Crippen molar-refractivity contribution in [2.45, 2.75) is 32.4 Å². The number of ether oxygens (including phenoxy) is 1. The van der Waals surface area contributed by atoms with E-state index in [9.17, 15) is 0 Å². The van der Waals surface area contributed by atoms with E-state index in [0.717, 1.165) is 19.6 Å². The van der Waals surface area contributed by atoms with Crippen molar-refractivity contribution in [2.75, 3.05) is 13.7 Å². The van der Waals surface area contributed by atoms with E-state index in [0.29, 0.717) is 6.04 Å². The molecular formula is C19H25NO. The van der Waals surface area contributed by atoms with Crippen LogP contribution in [-0.4, -0.2) is 19.8 Å². The highest BCUT2D eigenvalue weighted by Crippen LogP contribution is 2.19. The lowest BCUT2D eigenvalue weighted by Gasteiger charge is -2.17. The summed E-state index contributed by atoms with van der Waals surface area (Å²) in [6, 6.07) is 19.7. The number of hydrogen-bond acceptors (Lipinski definition) is 2. The van der Waals surface area contributed by atoms with Gasteiger partial charge in [-0.05, 0) is 23.1 Å². The third-order valence-electron chi connectivity index (χ3n) is 3.66. The fourth-order valence-corrected chi connectivity index (χ4v) is 2.50. The molecule has 1 atom stereocenters. The second-order valence-electron chi connectivity index (χ2n) is 5.38. The Labute approximate surface area is 128 Å². The zero-order chi connectivity index (χ0) is 14.9. The zero-order valence-corrected chi connectivity index (χ0v) is 13.0. The van der Waals surface area contributed by atoms with Crippen molar-refractivity contribution in [2.24, 2.45) is 0 Å². The SMILES string of the molecule is CCCC(COC)NCc1ccc(-c2ccccc2)cc1. The molecule has 1 N–H and O–H groups in total. The van der Waals surface area contributed by atoms with Gasteiger partial charge in [-0.15, -0.1) is 0 Å². The summed E-state index contributed by atoms with van der Waals surface area (Å²) in [5.74, 6) is 0. The maximum absolute atomic E-state index is 5.26. The average Bonchev–Trinajstić information content (AvgIpc) is 2.54. The van der Waals surface area contributed by atoms with Crippen molar-refractivity contribution in [3.8, 4) is 11.1 Å². The van der Waals surface area contributed by atoms with E-state index < -0.39 is 0 Å². The third kappa shape index (κ3) is 5.00. The molecule has 0 saturated carbocycles. The van der Waals surface area contributed by atoms with Crippen LogP contribution in [0.4, 0.5) is 0 Å². The van der Waals surface area contributed by atoms with E-state index in [2.05, 4.69) is 60.8 Å². The molecular weight excluding hydrogens is 258 g/mol. The van der Waals surface area contributed by atoms with Gasteiger partial charge in [0.05, 0.1) is 6.61 Å². The van der Waals surface area contributed by atoms with Gasteiger partial charge in [-0.2, -0.15) is 0 Å². The molecule has 2 nitrogen and oxygen atoms in total. The van der Waals surface area contributed by atoms with Crippen molar-refractivity contribution in [1.29, 1.82) is 0 Å². The van der Waals surface area contributed by atoms with Crippen LogP contribution < -0.4 is 5.32 Å². The molecule has 0 amide bonds.